The molecule has 4 nitrogen and oxygen atoms in total. The summed E-state index contributed by atoms with van der Waals surface area (Å²) in [6.45, 7) is 1.98. The minimum Gasteiger partial charge on any atom is -0.348 e. The Morgan fingerprint density at radius 2 is 1.88 bits per heavy atom. The molecule has 1 heterocycles. The van der Waals surface area contributed by atoms with Gasteiger partial charge in [0.25, 0.3) is 0 Å². The Morgan fingerprint density at radius 1 is 1.16 bits per heavy atom. The quantitative estimate of drug-likeness (QED) is 0.781. The molecule has 1 fully saturated rings. The molecule has 0 spiro atoms. The van der Waals surface area contributed by atoms with E-state index in [1.54, 1.807) is 24.3 Å². The van der Waals surface area contributed by atoms with E-state index in [2.05, 4.69) is 16.2 Å². The van der Waals surface area contributed by atoms with Crippen LogP contribution in [0.2, 0.25) is 0 Å². The van der Waals surface area contributed by atoms with Crippen molar-refractivity contribution in [1.29, 1.82) is 0 Å². The molecule has 1 aliphatic heterocycles. The lowest BCUT2D eigenvalue weighted by Crippen LogP contribution is -2.44. The first-order chi connectivity index (χ1) is 12.0. The van der Waals surface area contributed by atoms with Gasteiger partial charge in [-0.15, -0.1) is 0 Å². The van der Waals surface area contributed by atoms with Gasteiger partial charge in [-0.25, -0.2) is 14.2 Å². The summed E-state index contributed by atoms with van der Waals surface area (Å²) in [7, 11) is 0. The van der Waals surface area contributed by atoms with Crippen molar-refractivity contribution in [2.75, 3.05) is 0 Å². The van der Waals surface area contributed by atoms with Gasteiger partial charge in [-0.3, -0.25) is 10.2 Å². The molecule has 0 bridgehead atoms. The molecule has 1 aliphatic rings. The molecule has 6 heteroatoms. The topological polar surface area (TPSA) is 53.2 Å². The Balaban J connectivity index is 1.80. The van der Waals surface area contributed by atoms with Crippen LogP contribution in [0.15, 0.2) is 48.5 Å². The molecule has 0 aromatic heterocycles. The van der Waals surface area contributed by atoms with Crippen molar-refractivity contribution in [1.82, 2.24) is 16.2 Å². The first-order valence-corrected chi connectivity index (χ1v) is 8.32. The molecule has 0 radical (unpaired) electrons. The van der Waals surface area contributed by atoms with Gasteiger partial charge in [0.05, 0.1) is 6.04 Å². The van der Waals surface area contributed by atoms with Crippen LogP contribution >= 0.6 is 0 Å². The zero-order chi connectivity index (χ0) is 17.8. The summed E-state index contributed by atoms with van der Waals surface area (Å²) < 4.78 is 27.1. The van der Waals surface area contributed by atoms with Crippen molar-refractivity contribution in [3.8, 4) is 0 Å². The minimum absolute atomic E-state index is 0.164. The van der Waals surface area contributed by atoms with Crippen LogP contribution in [0.25, 0.3) is 0 Å². The Morgan fingerprint density at radius 3 is 2.52 bits per heavy atom. The summed E-state index contributed by atoms with van der Waals surface area (Å²) in [6, 6.07) is 11.7. The van der Waals surface area contributed by atoms with E-state index in [1.165, 1.54) is 24.3 Å². The summed E-state index contributed by atoms with van der Waals surface area (Å²) >= 11 is 0. The summed E-state index contributed by atoms with van der Waals surface area (Å²) in [6.07, 6.45) is 1.05. The highest BCUT2D eigenvalue weighted by Gasteiger charge is 2.28. The predicted molar refractivity (Wildman–Crippen MR) is 91.5 cm³/mol. The molecule has 0 saturated carbocycles. The number of halogens is 2. The lowest BCUT2D eigenvalue weighted by atomic mass is 9.98. The number of hydrazine groups is 1. The maximum Gasteiger partial charge on any atom is 0.239 e. The molecule has 2 aromatic rings. The number of carbonyl (C=O) groups is 1. The van der Waals surface area contributed by atoms with E-state index in [-0.39, 0.29) is 29.6 Å². The second kappa shape index (κ2) is 7.72. The van der Waals surface area contributed by atoms with E-state index >= 15 is 0 Å². The van der Waals surface area contributed by atoms with E-state index in [4.69, 9.17) is 0 Å². The van der Waals surface area contributed by atoms with Gasteiger partial charge in [-0.1, -0.05) is 24.3 Å². The molecule has 1 saturated heterocycles. The average Bonchev–Trinajstić information content (AvgIpc) is 3.01. The minimum atomic E-state index is -0.442. The van der Waals surface area contributed by atoms with Crippen LogP contribution in [0.3, 0.4) is 0 Å². The van der Waals surface area contributed by atoms with Gasteiger partial charge in [-0.05, 0) is 55.2 Å². The van der Waals surface area contributed by atoms with Gasteiger partial charge in [0.1, 0.15) is 17.7 Å². The standard InChI is InChI=1S/C19H21F2N3O/c1-12-8-18(24-23-12)19(25)22-17(14-5-3-7-16(21)11-14)10-13-4-2-6-15(20)9-13/h2-7,9,11-12,17-18,23-24H,8,10H2,1H3,(H,22,25). The van der Waals surface area contributed by atoms with Gasteiger partial charge >= 0.3 is 0 Å². The van der Waals surface area contributed by atoms with Crippen molar-refractivity contribution in [2.24, 2.45) is 0 Å². The van der Waals surface area contributed by atoms with Crippen LogP contribution < -0.4 is 16.2 Å². The zero-order valence-corrected chi connectivity index (χ0v) is 13.9. The number of nitrogens with one attached hydrogen (secondary N) is 3. The second-order valence-electron chi connectivity index (χ2n) is 6.43. The fourth-order valence-corrected chi connectivity index (χ4v) is 3.03. The van der Waals surface area contributed by atoms with Gasteiger partial charge < -0.3 is 5.32 Å². The molecule has 0 aliphatic carbocycles. The fourth-order valence-electron chi connectivity index (χ4n) is 3.03. The van der Waals surface area contributed by atoms with E-state index in [9.17, 15) is 13.6 Å². The van der Waals surface area contributed by atoms with Crippen LogP contribution in [0, 0.1) is 11.6 Å². The van der Waals surface area contributed by atoms with Crippen LogP contribution in [-0.2, 0) is 11.2 Å². The van der Waals surface area contributed by atoms with E-state index in [0.717, 1.165) is 5.56 Å². The lowest BCUT2D eigenvalue weighted by Gasteiger charge is -2.21. The third kappa shape index (κ3) is 4.61. The lowest BCUT2D eigenvalue weighted by molar-refractivity contribution is -0.123. The maximum absolute atomic E-state index is 13.6. The first kappa shape index (κ1) is 17.5. The Kier molecular flexibility index (Phi) is 5.40. The molecule has 3 atom stereocenters. The highest BCUT2D eigenvalue weighted by atomic mass is 19.1. The van der Waals surface area contributed by atoms with E-state index < -0.39 is 6.04 Å². The van der Waals surface area contributed by atoms with Crippen molar-refractivity contribution < 1.29 is 13.6 Å². The molecule has 3 rings (SSSR count). The van der Waals surface area contributed by atoms with E-state index in [0.29, 0.717) is 18.4 Å². The Labute approximate surface area is 145 Å². The number of amides is 1. The molecule has 3 unspecified atom stereocenters. The van der Waals surface area contributed by atoms with Crippen molar-refractivity contribution in [3.05, 3.63) is 71.3 Å². The number of hydrogen-bond acceptors (Lipinski definition) is 3. The van der Waals surface area contributed by atoms with Crippen LogP contribution in [0.5, 0.6) is 0 Å². The number of hydrogen-bond donors (Lipinski definition) is 3. The summed E-state index contributed by atoms with van der Waals surface area (Å²) in [5.74, 6) is -0.870. The average molecular weight is 345 g/mol. The van der Waals surface area contributed by atoms with Crippen LogP contribution in [0.1, 0.15) is 30.5 Å². The number of rotatable bonds is 5. The van der Waals surface area contributed by atoms with Gasteiger partial charge in [0.2, 0.25) is 5.91 Å². The van der Waals surface area contributed by atoms with Gasteiger partial charge in [0.15, 0.2) is 0 Å². The first-order valence-electron chi connectivity index (χ1n) is 8.32. The Hall–Kier alpha value is -2.31. The highest BCUT2D eigenvalue weighted by Crippen LogP contribution is 2.21. The van der Waals surface area contributed by atoms with Crippen LogP contribution in [-0.4, -0.2) is 18.0 Å². The highest BCUT2D eigenvalue weighted by molar-refractivity contribution is 5.82. The predicted octanol–water partition coefficient (Wildman–Crippen LogP) is 2.62. The monoisotopic (exact) mass is 345 g/mol. The fraction of sp³-hybridized carbons (Fsp3) is 0.316. The molecule has 132 valence electrons. The summed E-state index contributed by atoms with van der Waals surface area (Å²) in [4.78, 5) is 12.5. The molecule has 25 heavy (non-hydrogen) atoms. The zero-order valence-electron chi connectivity index (χ0n) is 13.9. The van der Waals surface area contributed by atoms with Crippen molar-refractivity contribution in [2.45, 2.75) is 37.9 Å². The third-order valence-electron chi connectivity index (χ3n) is 4.31. The molecular formula is C19H21F2N3O. The summed E-state index contributed by atoms with van der Waals surface area (Å²) in [5.41, 5.74) is 7.35. The molecule has 1 amide bonds. The SMILES string of the molecule is CC1CC(C(=O)NC(Cc2cccc(F)c2)c2cccc(F)c2)NN1. The molecular weight excluding hydrogens is 324 g/mol. The normalized spacial score (nSPS) is 21.1. The number of carbonyl (C=O) groups excluding carboxylic acids is 1. The van der Waals surface area contributed by atoms with Crippen LogP contribution in [0.4, 0.5) is 8.78 Å². The van der Waals surface area contributed by atoms with Crippen molar-refractivity contribution >= 4 is 5.91 Å². The van der Waals surface area contributed by atoms with Gasteiger partial charge in [-0.2, -0.15) is 0 Å². The van der Waals surface area contributed by atoms with Gasteiger partial charge in [0, 0.05) is 6.04 Å². The largest absolute Gasteiger partial charge is 0.348 e. The summed E-state index contributed by atoms with van der Waals surface area (Å²) in [5, 5.41) is 2.96. The Bertz CT molecular complexity index is 753. The number of benzene rings is 2. The smallest absolute Gasteiger partial charge is 0.239 e. The molecule has 3 N–H and O–H groups in total. The second-order valence-corrected chi connectivity index (χ2v) is 6.43. The maximum atomic E-state index is 13.6. The molecule has 2 aromatic carbocycles. The van der Waals surface area contributed by atoms with E-state index in [1.807, 2.05) is 6.92 Å². The third-order valence-corrected chi connectivity index (χ3v) is 4.31. The van der Waals surface area contributed by atoms with Crippen molar-refractivity contribution in [3.63, 3.8) is 0 Å².